The third-order valence-electron chi connectivity index (χ3n) is 15.3. The third kappa shape index (κ3) is 21.0. The number of imidazole rings is 3. The van der Waals surface area contributed by atoms with Crippen molar-refractivity contribution in [2.75, 3.05) is 71.8 Å². The highest BCUT2D eigenvalue weighted by Gasteiger charge is 2.23. The molecule has 0 saturated heterocycles. The van der Waals surface area contributed by atoms with Gasteiger partial charge in [0.05, 0.1) is 80.4 Å². The minimum Gasteiger partial charge on any atom is -0.493 e. The number of aromatic carboxylic acids is 2. The van der Waals surface area contributed by atoms with Crippen molar-refractivity contribution in [1.29, 1.82) is 0 Å². The molecule has 0 radical (unpaired) electrons. The van der Waals surface area contributed by atoms with Crippen LogP contribution in [-0.4, -0.2) is 145 Å². The zero-order valence-electron chi connectivity index (χ0n) is 59.4. The largest absolute Gasteiger partial charge is 0.493 e. The van der Waals surface area contributed by atoms with Gasteiger partial charge in [-0.2, -0.15) is 0 Å². The molecule has 0 fully saturated rings. The van der Waals surface area contributed by atoms with Crippen LogP contribution in [-0.2, 0) is 11.5 Å². The second kappa shape index (κ2) is 37.2. The number of nitrogens with one attached hydrogen (secondary N) is 3. The van der Waals surface area contributed by atoms with E-state index in [-0.39, 0.29) is 39.9 Å². The molecule has 13 rings (SSSR count). The number of carboxylic acids is 2. The predicted molar refractivity (Wildman–Crippen MR) is 407 cm³/mol. The number of carbonyl (C=O) groups excluding carboxylic acids is 1. The van der Waals surface area contributed by atoms with Crippen LogP contribution in [0.1, 0.15) is 31.1 Å². The number of nitrogen functional groups attached to an aromatic ring is 3. The quantitative estimate of drug-likeness (QED) is 0.0115. The fourth-order valence-electron chi connectivity index (χ4n) is 9.79. The molecule has 0 aliphatic rings. The van der Waals surface area contributed by atoms with Crippen LogP contribution in [0.15, 0.2) is 195 Å². The molecule has 7 heterocycles. The first-order valence-electron chi connectivity index (χ1n) is 32.2. The van der Waals surface area contributed by atoms with Gasteiger partial charge in [-0.15, -0.1) is 0 Å². The zero-order valence-corrected chi connectivity index (χ0v) is 60.4. The highest BCUT2D eigenvalue weighted by atomic mass is 28.3. The van der Waals surface area contributed by atoms with Crippen molar-refractivity contribution in [3.8, 4) is 68.7 Å². The first-order valence-corrected chi connectivity index (χ1v) is 35.9. The maximum Gasteiger partial charge on any atom is 0.339 e. The maximum absolute atomic E-state index is 12.8. The van der Waals surface area contributed by atoms with Crippen LogP contribution in [0, 0.1) is 20.2 Å². The predicted octanol–water partition coefficient (Wildman–Crippen LogP) is 13.4. The highest BCUT2D eigenvalue weighted by Crippen LogP contribution is 2.41. The van der Waals surface area contributed by atoms with Gasteiger partial charge in [0.25, 0.3) is 17.3 Å². The number of H-pyrrole nitrogens is 2. The van der Waals surface area contributed by atoms with Crippen molar-refractivity contribution in [1.82, 2.24) is 49.4 Å². The lowest BCUT2D eigenvalue weighted by molar-refractivity contribution is -0.385. The standard InChI is InChI=1S/C22H20N4O4.C18H24N4OSi.C12H8N4O2.C10H12O5.C7H5NO4.C5H7N3/c1-28-17-11-10-15(18(29-2)19(17)30-3)22(27)24-14-8-6-13(7-9-14)20-25-16-5-4-12-23-21(16)26-20;1-24(2,3)12-11-23-13-22-17(14-6-8-15(19)9-7-14)21-16-5-4-10-20-18(16)22;17-16(18)9-5-3-8(4-6-9)11-14-10-2-1-7-13-12(10)15-11;1-13-7-5-4-6(10(11)12)8(14-2)9(7)15-3;9-7(10)5-1-3-6(4-2-5)8(11)12;6-4-2-1-3-8-5(4)7/h4-12H,1-3H3,(H,24,27)(H,23,25,26);4-10H,11-13,19H2,1-3H3;1-7H,(H,13,14,15);4-5H,1-3H3,(H,11,12);1-4H,(H,9,10);1-3H,6H2,(H2,7,8). The Morgan fingerprint density at radius 1 is 0.523 bits per heavy atom. The Bertz CT molecular complexity index is 5070. The molecule has 13 aromatic rings. The SMILES string of the molecule is COc1ccc(C(=O)Nc2ccc(-c3nc4ncccc4[nH]3)cc2)c(OC)c1OC.COc1ccc(C(=O)O)c(OC)c1OC.C[Si](C)(C)CCOCn1c(-c2ccc(N)cc2)nc2cccnc21.Nc1cccnc1N.O=C(O)c1ccc([N+](=O)[O-])cc1.O=[N+]([O-])c1ccc(-c2nc3ncccc3[nH]2)cc1. The van der Waals surface area contributed by atoms with Gasteiger partial charge in [-0.3, -0.25) is 29.6 Å². The van der Waals surface area contributed by atoms with Gasteiger partial charge in [-0.1, -0.05) is 19.6 Å². The first-order chi connectivity index (χ1) is 51.4. The Labute approximate surface area is 612 Å². The topological polar surface area (TPSA) is 459 Å². The minimum absolute atomic E-state index is 0.0372. The van der Waals surface area contributed by atoms with Gasteiger partial charge in [0.1, 0.15) is 41.1 Å². The summed E-state index contributed by atoms with van der Waals surface area (Å²) in [5.74, 6) is 2.14. The number of benzene rings is 6. The molecule has 0 aliphatic carbocycles. The smallest absolute Gasteiger partial charge is 0.339 e. The molecule has 0 aliphatic heterocycles. The van der Waals surface area contributed by atoms with Crippen molar-refractivity contribution in [3.63, 3.8) is 0 Å². The molecule has 552 valence electrons. The van der Waals surface area contributed by atoms with Crippen LogP contribution in [0.2, 0.25) is 25.7 Å². The molecule has 6 aromatic carbocycles. The number of ether oxygens (including phenoxy) is 7. The molecule has 0 bridgehead atoms. The Balaban J connectivity index is 0.000000169. The average Bonchev–Trinajstić information content (AvgIpc) is 1.74. The van der Waals surface area contributed by atoms with Crippen molar-refractivity contribution in [3.05, 3.63) is 232 Å². The first kappa shape index (κ1) is 78.6. The third-order valence-corrected chi connectivity index (χ3v) is 17.0. The van der Waals surface area contributed by atoms with Gasteiger partial charge in [0.15, 0.2) is 39.9 Å². The normalized spacial score (nSPS) is 10.5. The molecule has 33 heteroatoms. The number of rotatable bonds is 20. The number of hydrogen-bond donors (Lipinski definition) is 8. The zero-order chi connectivity index (χ0) is 77.3. The van der Waals surface area contributed by atoms with Gasteiger partial charge >= 0.3 is 11.9 Å². The van der Waals surface area contributed by atoms with Crippen LogP contribution in [0.4, 0.5) is 34.3 Å². The van der Waals surface area contributed by atoms with E-state index in [1.165, 1.54) is 79.1 Å². The van der Waals surface area contributed by atoms with Crippen LogP contribution in [0.25, 0.3) is 67.7 Å². The number of nitrogens with zero attached hydrogens (tertiary/aromatic N) is 10. The number of aromatic amines is 2. The van der Waals surface area contributed by atoms with Crippen LogP contribution in [0.5, 0.6) is 34.5 Å². The summed E-state index contributed by atoms with van der Waals surface area (Å²) in [5, 5.41) is 40.9. The minimum atomic E-state index is -1.10. The Morgan fingerprint density at radius 3 is 1.45 bits per heavy atom. The number of nitro groups is 2. The van der Waals surface area contributed by atoms with Gasteiger partial charge < -0.3 is 75.9 Å². The lowest BCUT2D eigenvalue weighted by atomic mass is 10.1. The van der Waals surface area contributed by atoms with E-state index in [4.69, 9.17) is 65.6 Å². The number of carboxylic acid groups (broad SMARTS) is 2. The number of aromatic nitrogens is 10. The summed E-state index contributed by atoms with van der Waals surface area (Å²) in [5.41, 5.74) is 26.1. The Kier molecular flexibility index (Phi) is 27.3. The summed E-state index contributed by atoms with van der Waals surface area (Å²) in [6.45, 7) is 8.28. The van der Waals surface area contributed by atoms with Crippen LogP contribution < -0.4 is 50.9 Å². The second-order valence-electron chi connectivity index (χ2n) is 23.6. The molecule has 1 amide bonds. The monoisotopic (exact) mass is 1470 g/mol. The van der Waals surface area contributed by atoms with E-state index in [1.54, 1.807) is 73.3 Å². The molecule has 32 nitrogen and oxygen atoms in total. The van der Waals surface area contributed by atoms with E-state index in [0.29, 0.717) is 75.4 Å². The number of anilines is 4. The molecule has 0 atom stereocenters. The number of hydrogen-bond acceptors (Lipinski definition) is 24. The number of non-ortho nitro benzene ring substituents is 2. The molecular formula is C74H76N16O16Si. The second-order valence-corrected chi connectivity index (χ2v) is 29.2. The van der Waals surface area contributed by atoms with E-state index in [2.05, 4.69) is 64.8 Å². The molecule has 0 unspecified atom stereocenters. The Hall–Kier alpha value is -14.1. The van der Waals surface area contributed by atoms with Gasteiger partial charge in [-0.05, 0) is 152 Å². The van der Waals surface area contributed by atoms with Crippen LogP contribution in [0.3, 0.4) is 0 Å². The number of nitrogens with two attached hydrogens (primary N) is 3. The number of pyridine rings is 4. The molecule has 7 aromatic heterocycles. The van der Waals surface area contributed by atoms with E-state index in [9.17, 15) is 34.6 Å². The molecule has 0 saturated carbocycles. The fraction of sp³-hybridized carbons (Fsp3) is 0.162. The number of nitro benzene ring substituents is 2. The van der Waals surface area contributed by atoms with Crippen molar-refractivity contribution < 1.29 is 67.6 Å². The number of fused-ring (bicyclic) bond motifs is 3. The molecule has 0 spiro atoms. The van der Waals surface area contributed by atoms with Crippen molar-refractivity contribution in [2.45, 2.75) is 32.4 Å². The number of amides is 1. The number of carbonyl (C=O) groups is 3. The molecule has 11 N–H and O–H groups in total. The molecule has 107 heavy (non-hydrogen) atoms. The lowest BCUT2D eigenvalue weighted by Crippen LogP contribution is -2.22. The summed E-state index contributed by atoms with van der Waals surface area (Å²) in [6, 6.07) is 48.2. The van der Waals surface area contributed by atoms with Crippen LogP contribution >= 0.6 is 0 Å². The molecular weight excluding hydrogens is 1400 g/mol. The van der Waals surface area contributed by atoms with Gasteiger partial charge in [-0.25, -0.2) is 44.5 Å². The number of methoxy groups -OCH3 is 6. The van der Waals surface area contributed by atoms with E-state index in [0.717, 1.165) is 75.2 Å². The Morgan fingerprint density at radius 2 is 0.991 bits per heavy atom. The van der Waals surface area contributed by atoms with Crippen molar-refractivity contribution >= 4 is 93.7 Å². The van der Waals surface area contributed by atoms with E-state index in [1.807, 2.05) is 77.4 Å². The van der Waals surface area contributed by atoms with E-state index >= 15 is 0 Å². The average molecular weight is 1470 g/mol. The maximum atomic E-state index is 12.8. The summed E-state index contributed by atoms with van der Waals surface area (Å²) < 4.78 is 39.0. The summed E-state index contributed by atoms with van der Waals surface area (Å²) in [6.07, 6.45) is 6.76. The highest BCUT2D eigenvalue weighted by molar-refractivity contribution is 6.76. The van der Waals surface area contributed by atoms with Gasteiger partial charge in [0.2, 0.25) is 11.5 Å². The fourth-order valence-corrected chi connectivity index (χ4v) is 10.5. The summed E-state index contributed by atoms with van der Waals surface area (Å²) in [4.78, 5) is 90.1. The van der Waals surface area contributed by atoms with Crippen molar-refractivity contribution in [2.24, 2.45) is 0 Å². The summed E-state index contributed by atoms with van der Waals surface area (Å²) in [7, 11) is 7.67. The van der Waals surface area contributed by atoms with Gasteiger partial charge in [0, 0.05) is 91.8 Å². The lowest BCUT2D eigenvalue weighted by Gasteiger charge is -2.16. The van der Waals surface area contributed by atoms with E-state index < -0.39 is 29.9 Å². The summed E-state index contributed by atoms with van der Waals surface area (Å²) >= 11 is 0.